The highest BCUT2D eigenvalue weighted by Crippen LogP contribution is 2.27. The molecule has 0 unspecified atom stereocenters. The molecule has 0 bridgehead atoms. The minimum Gasteiger partial charge on any atom is -0.288 e. The number of carbonyl (C=O) groups is 1. The quantitative estimate of drug-likeness (QED) is 0.825. The molecule has 0 saturated heterocycles. The van der Waals surface area contributed by atoms with E-state index < -0.39 is 0 Å². The van der Waals surface area contributed by atoms with E-state index in [1.807, 2.05) is 42.6 Å². The van der Waals surface area contributed by atoms with E-state index in [2.05, 4.69) is 18.8 Å². The Kier molecular flexibility index (Phi) is 4.90. The molecule has 0 aliphatic rings. The molecule has 0 fully saturated rings. The van der Waals surface area contributed by atoms with Crippen LogP contribution in [-0.2, 0) is 4.79 Å². The molecule has 2 rings (SSSR count). The molecule has 0 aliphatic carbocycles. The molecule has 1 amide bonds. The zero-order valence-electron chi connectivity index (χ0n) is 12.2. The topological polar surface area (TPSA) is 33.2 Å². The van der Waals surface area contributed by atoms with Gasteiger partial charge in [0.05, 0.1) is 5.69 Å². The molecule has 0 radical (unpaired) electrons. The summed E-state index contributed by atoms with van der Waals surface area (Å²) in [6.07, 6.45) is 0.564. The molecule has 1 aromatic heterocycles. The fourth-order valence-electron chi connectivity index (χ4n) is 2.01. The van der Waals surface area contributed by atoms with E-state index >= 15 is 0 Å². The van der Waals surface area contributed by atoms with Crippen molar-refractivity contribution in [2.45, 2.75) is 27.2 Å². The number of nitrogens with zero attached hydrogens (tertiary/aromatic N) is 2. The van der Waals surface area contributed by atoms with Crippen molar-refractivity contribution in [2.24, 2.45) is 5.92 Å². The lowest BCUT2D eigenvalue weighted by atomic mass is 10.1. The fraction of sp³-hybridized carbons (Fsp3) is 0.375. The van der Waals surface area contributed by atoms with Crippen LogP contribution in [0.3, 0.4) is 0 Å². The number of aromatic nitrogens is 1. The molecule has 1 heterocycles. The van der Waals surface area contributed by atoms with Crippen LogP contribution in [0.2, 0.25) is 0 Å². The summed E-state index contributed by atoms with van der Waals surface area (Å²) in [6.45, 7) is 6.76. The van der Waals surface area contributed by atoms with Gasteiger partial charge in [0.2, 0.25) is 5.91 Å². The predicted molar refractivity (Wildman–Crippen MR) is 85.0 cm³/mol. The first kappa shape index (κ1) is 14.7. The summed E-state index contributed by atoms with van der Waals surface area (Å²) in [5, 5.41) is 2.80. The van der Waals surface area contributed by atoms with Crippen LogP contribution in [0.25, 0.3) is 11.3 Å². The van der Waals surface area contributed by atoms with E-state index in [0.29, 0.717) is 18.9 Å². The molecular weight excluding hydrogens is 268 g/mol. The Labute approximate surface area is 124 Å². The van der Waals surface area contributed by atoms with Crippen molar-refractivity contribution in [3.8, 4) is 11.3 Å². The van der Waals surface area contributed by atoms with Crippen LogP contribution in [0.4, 0.5) is 5.13 Å². The summed E-state index contributed by atoms with van der Waals surface area (Å²) in [6, 6.07) is 10.0. The van der Waals surface area contributed by atoms with E-state index in [4.69, 9.17) is 0 Å². The number of thiazole rings is 1. The summed E-state index contributed by atoms with van der Waals surface area (Å²) in [5.41, 5.74) is 2.02. The Bertz CT molecular complexity index is 563. The highest BCUT2D eigenvalue weighted by molar-refractivity contribution is 7.14. The molecule has 0 atom stereocenters. The van der Waals surface area contributed by atoms with Crippen molar-refractivity contribution < 1.29 is 4.79 Å². The summed E-state index contributed by atoms with van der Waals surface area (Å²) in [7, 11) is 0. The van der Waals surface area contributed by atoms with E-state index in [-0.39, 0.29) is 5.91 Å². The summed E-state index contributed by atoms with van der Waals surface area (Å²) < 4.78 is 0. The Morgan fingerprint density at radius 3 is 2.60 bits per heavy atom. The van der Waals surface area contributed by atoms with Gasteiger partial charge in [0, 0.05) is 23.9 Å². The van der Waals surface area contributed by atoms with Crippen LogP contribution in [0, 0.1) is 5.92 Å². The zero-order valence-corrected chi connectivity index (χ0v) is 13.0. The van der Waals surface area contributed by atoms with E-state index in [0.717, 1.165) is 16.4 Å². The van der Waals surface area contributed by atoms with Crippen molar-refractivity contribution >= 4 is 22.4 Å². The second kappa shape index (κ2) is 6.66. The van der Waals surface area contributed by atoms with E-state index in [1.54, 1.807) is 4.90 Å². The maximum absolute atomic E-state index is 12.2. The normalized spacial score (nSPS) is 10.8. The largest absolute Gasteiger partial charge is 0.288 e. The third-order valence-corrected chi connectivity index (χ3v) is 3.86. The molecule has 1 aromatic carbocycles. The second-order valence-corrected chi connectivity index (χ2v) is 5.95. The van der Waals surface area contributed by atoms with Gasteiger partial charge in [0.25, 0.3) is 0 Å². The second-order valence-electron chi connectivity index (χ2n) is 5.12. The number of amides is 1. The number of rotatable bonds is 5. The number of hydrogen-bond donors (Lipinski definition) is 0. The van der Waals surface area contributed by atoms with Gasteiger partial charge in [0.1, 0.15) is 0 Å². The van der Waals surface area contributed by atoms with Crippen molar-refractivity contribution in [1.29, 1.82) is 0 Å². The lowest BCUT2D eigenvalue weighted by molar-refractivity contribution is -0.119. The summed E-state index contributed by atoms with van der Waals surface area (Å²) in [5.74, 6) is 0.515. The van der Waals surface area contributed by atoms with Gasteiger partial charge in [-0.3, -0.25) is 9.69 Å². The van der Waals surface area contributed by atoms with Crippen molar-refractivity contribution in [3.05, 3.63) is 35.7 Å². The van der Waals surface area contributed by atoms with Crippen LogP contribution in [-0.4, -0.2) is 17.4 Å². The first-order valence-corrected chi connectivity index (χ1v) is 7.81. The number of benzene rings is 1. The SMILES string of the molecule is CCN(C(=O)CC(C)C)c1nc(-c2ccccc2)cs1. The summed E-state index contributed by atoms with van der Waals surface area (Å²) >= 11 is 1.53. The van der Waals surface area contributed by atoms with Crippen molar-refractivity contribution in [3.63, 3.8) is 0 Å². The first-order chi connectivity index (χ1) is 9.61. The van der Waals surface area contributed by atoms with E-state index in [1.165, 1.54) is 11.3 Å². The molecule has 0 aliphatic heterocycles. The molecule has 3 nitrogen and oxygen atoms in total. The minimum atomic E-state index is 0.150. The minimum absolute atomic E-state index is 0.150. The monoisotopic (exact) mass is 288 g/mol. The fourth-order valence-corrected chi connectivity index (χ4v) is 2.92. The zero-order chi connectivity index (χ0) is 14.5. The number of anilines is 1. The van der Waals surface area contributed by atoms with Crippen molar-refractivity contribution in [2.75, 3.05) is 11.4 Å². The van der Waals surface area contributed by atoms with Crippen LogP contribution < -0.4 is 4.90 Å². The van der Waals surface area contributed by atoms with Gasteiger partial charge < -0.3 is 0 Å². The maximum Gasteiger partial charge on any atom is 0.229 e. The molecule has 0 spiro atoms. The molecular formula is C16H20N2OS. The van der Waals surface area contributed by atoms with Gasteiger partial charge in [-0.25, -0.2) is 4.98 Å². The molecule has 0 N–H and O–H groups in total. The first-order valence-electron chi connectivity index (χ1n) is 6.93. The van der Waals surface area contributed by atoms with Gasteiger partial charge in [0.15, 0.2) is 5.13 Å². The maximum atomic E-state index is 12.2. The van der Waals surface area contributed by atoms with Gasteiger partial charge in [-0.05, 0) is 12.8 Å². The number of hydrogen-bond acceptors (Lipinski definition) is 3. The molecule has 106 valence electrons. The van der Waals surface area contributed by atoms with Crippen molar-refractivity contribution in [1.82, 2.24) is 4.98 Å². The predicted octanol–water partition coefficient (Wildman–Crippen LogP) is 4.21. The van der Waals surface area contributed by atoms with E-state index in [9.17, 15) is 4.79 Å². The standard InChI is InChI=1S/C16H20N2OS/c1-4-18(15(19)10-12(2)3)16-17-14(11-20-16)13-8-6-5-7-9-13/h5-9,11-12H,4,10H2,1-3H3. The van der Waals surface area contributed by atoms with Crippen LogP contribution in [0.1, 0.15) is 27.2 Å². The molecule has 20 heavy (non-hydrogen) atoms. The summed E-state index contributed by atoms with van der Waals surface area (Å²) in [4.78, 5) is 18.6. The Morgan fingerprint density at radius 1 is 1.30 bits per heavy atom. The number of carbonyl (C=O) groups excluding carboxylic acids is 1. The lowest BCUT2D eigenvalue weighted by Crippen LogP contribution is -2.31. The molecule has 4 heteroatoms. The smallest absolute Gasteiger partial charge is 0.229 e. The van der Waals surface area contributed by atoms with Gasteiger partial charge in [-0.2, -0.15) is 0 Å². The lowest BCUT2D eigenvalue weighted by Gasteiger charge is -2.18. The Hall–Kier alpha value is -1.68. The Balaban J connectivity index is 2.20. The van der Waals surface area contributed by atoms with Crippen LogP contribution >= 0.6 is 11.3 Å². The molecule has 2 aromatic rings. The van der Waals surface area contributed by atoms with Crippen LogP contribution in [0.5, 0.6) is 0 Å². The Morgan fingerprint density at radius 2 is 2.00 bits per heavy atom. The van der Waals surface area contributed by atoms with Gasteiger partial charge in [-0.1, -0.05) is 44.2 Å². The highest BCUT2D eigenvalue weighted by Gasteiger charge is 2.18. The van der Waals surface area contributed by atoms with Crippen LogP contribution in [0.15, 0.2) is 35.7 Å². The highest BCUT2D eigenvalue weighted by atomic mass is 32.1. The molecule has 0 saturated carbocycles. The average Bonchev–Trinajstić information content (AvgIpc) is 2.89. The third-order valence-electron chi connectivity index (χ3n) is 2.99. The van der Waals surface area contributed by atoms with Gasteiger partial charge in [-0.15, -0.1) is 11.3 Å². The average molecular weight is 288 g/mol. The van der Waals surface area contributed by atoms with Gasteiger partial charge >= 0.3 is 0 Å². The third kappa shape index (κ3) is 3.45.